The summed E-state index contributed by atoms with van der Waals surface area (Å²) in [4.78, 5) is 9.04. The van der Waals surface area contributed by atoms with E-state index < -0.39 is 0 Å². The summed E-state index contributed by atoms with van der Waals surface area (Å²) in [5.74, 6) is 0.749. The van der Waals surface area contributed by atoms with Crippen LogP contribution in [0.4, 0.5) is 0 Å². The SMILES string of the molecule is Brc1ccnc(-c2cc3cccc4ccc5cccc2c5c43)n1. The van der Waals surface area contributed by atoms with Crippen molar-refractivity contribution in [3.63, 3.8) is 0 Å². The number of benzene rings is 4. The van der Waals surface area contributed by atoms with Crippen molar-refractivity contribution in [2.24, 2.45) is 0 Å². The highest BCUT2D eigenvalue weighted by atomic mass is 79.9. The van der Waals surface area contributed by atoms with Gasteiger partial charge < -0.3 is 0 Å². The van der Waals surface area contributed by atoms with E-state index in [1.54, 1.807) is 6.20 Å². The van der Waals surface area contributed by atoms with Crippen molar-refractivity contribution in [2.45, 2.75) is 0 Å². The van der Waals surface area contributed by atoms with Crippen molar-refractivity contribution in [3.8, 4) is 11.4 Å². The molecule has 0 aliphatic carbocycles. The molecular weight excluding hydrogens is 348 g/mol. The van der Waals surface area contributed by atoms with Gasteiger partial charge in [-0.1, -0.05) is 48.5 Å². The van der Waals surface area contributed by atoms with Crippen LogP contribution in [-0.2, 0) is 0 Å². The maximum atomic E-state index is 4.56. The van der Waals surface area contributed by atoms with Crippen molar-refractivity contribution < 1.29 is 0 Å². The van der Waals surface area contributed by atoms with Crippen molar-refractivity contribution in [3.05, 3.63) is 71.5 Å². The molecule has 0 radical (unpaired) electrons. The normalized spacial score (nSPS) is 11.7. The highest BCUT2D eigenvalue weighted by Gasteiger charge is 2.14. The fraction of sp³-hybridized carbons (Fsp3) is 0. The van der Waals surface area contributed by atoms with Gasteiger partial charge >= 0.3 is 0 Å². The van der Waals surface area contributed by atoms with E-state index >= 15 is 0 Å². The van der Waals surface area contributed by atoms with Crippen molar-refractivity contribution in [1.29, 1.82) is 0 Å². The Hall–Kier alpha value is -2.52. The number of rotatable bonds is 1. The Morgan fingerprint density at radius 2 is 1.48 bits per heavy atom. The molecule has 2 nitrogen and oxygen atoms in total. The highest BCUT2D eigenvalue weighted by Crippen LogP contribution is 2.39. The fourth-order valence-electron chi connectivity index (χ4n) is 3.41. The van der Waals surface area contributed by atoms with Gasteiger partial charge in [0.25, 0.3) is 0 Å². The molecule has 0 atom stereocenters. The van der Waals surface area contributed by atoms with Crippen LogP contribution in [0.25, 0.3) is 43.7 Å². The lowest BCUT2D eigenvalue weighted by Gasteiger charge is -2.14. The van der Waals surface area contributed by atoms with Gasteiger partial charge in [-0.2, -0.15) is 0 Å². The molecule has 0 fully saturated rings. The van der Waals surface area contributed by atoms with Gasteiger partial charge in [0, 0.05) is 11.8 Å². The summed E-state index contributed by atoms with van der Waals surface area (Å²) in [7, 11) is 0. The minimum Gasteiger partial charge on any atom is -0.236 e. The van der Waals surface area contributed by atoms with Crippen LogP contribution in [0.5, 0.6) is 0 Å². The molecule has 0 bridgehead atoms. The average Bonchev–Trinajstić information content (AvgIpc) is 2.59. The highest BCUT2D eigenvalue weighted by molar-refractivity contribution is 9.10. The summed E-state index contributed by atoms with van der Waals surface area (Å²) < 4.78 is 0.799. The molecule has 0 aliphatic heterocycles. The van der Waals surface area contributed by atoms with Crippen LogP contribution in [0.1, 0.15) is 0 Å². The van der Waals surface area contributed by atoms with Gasteiger partial charge in [-0.3, -0.25) is 0 Å². The largest absolute Gasteiger partial charge is 0.236 e. The minimum atomic E-state index is 0.749. The maximum absolute atomic E-state index is 4.56. The van der Waals surface area contributed by atoms with Gasteiger partial charge in [-0.15, -0.1) is 0 Å². The summed E-state index contributed by atoms with van der Waals surface area (Å²) >= 11 is 3.45. The smallest absolute Gasteiger partial charge is 0.161 e. The Labute approximate surface area is 141 Å². The molecule has 1 heterocycles. The molecule has 5 aromatic rings. The second-order valence-electron chi connectivity index (χ2n) is 5.68. The van der Waals surface area contributed by atoms with Crippen LogP contribution < -0.4 is 0 Å². The molecule has 108 valence electrons. The lowest BCUT2D eigenvalue weighted by atomic mass is 9.91. The summed E-state index contributed by atoms with van der Waals surface area (Å²) in [5.41, 5.74) is 1.07. The summed E-state index contributed by atoms with van der Waals surface area (Å²) in [6, 6.07) is 21.3. The van der Waals surface area contributed by atoms with E-state index in [9.17, 15) is 0 Å². The van der Waals surface area contributed by atoms with Gasteiger partial charge in [0.05, 0.1) is 0 Å². The third-order valence-electron chi connectivity index (χ3n) is 4.37. The van der Waals surface area contributed by atoms with E-state index in [0.29, 0.717) is 0 Å². The molecular formula is C20H11BrN2. The van der Waals surface area contributed by atoms with E-state index in [4.69, 9.17) is 0 Å². The Kier molecular flexibility index (Phi) is 2.67. The van der Waals surface area contributed by atoms with Crippen LogP contribution in [-0.4, -0.2) is 9.97 Å². The third-order valence-corrected chi connectivity index (χ3v) is 4.81. The zero-order valence-corrected chi connectivity index (χ0v) is 13.7. The molecule has 1 aromatic heterocycles. The zero-order valence-electron chi connectivity index (χ0n) is 12.1. The zero-order chi connectivity index (χ0) is 15.4. The molecule has 0 aliphatic rings. The first-order chi connectivity index (χ1) is 11.3. The molecule has 23 heavy (non-hydrogen) atoms. The predicted octanol–water partition coefficient (Wildman–Crippen LogP) is 5.80. The van der Waals surface area contributed by atoms with E-state index in [-0.39, 0.29) is 0 Å². The Morgan fingerprint density at radius 1 is 0.739 bits per heavy atom. The van der Waals surface area contributed by atoms with E-state index in [1.165, 1.54) is 32.3 Å². The molecule has 4 aromatic carbocycles. The van der Waals surface area contributed by atoms with Gasteiger partial charge in [0.2, 0.25) is 0 Å². The number of hydrogen-bond acceptors (Lipinski definition) is 2. The van der Waals surface area contributed by atoms with Crippen LogP contribution in [0, 0.1) is 0 Å². The molecule has 0 saturated carbocycles. The first kappa shape index (κ1) is 13.0. The minimum absolute atomic E-state index is 0.749. The standard InChI is InChI=1S/C20H11BrN2/c21-17-9-10-22-20(23-17)16-11-14-5-1-3-12-7-8-13-4-2-6-15(16)19(13)18(12)14/h1-11H. The number of halogens is 1. The third kappa shape index (κ3) is 1.87. The summed E-state index contributed by atoms with van der Waals surface area (Å²) in [5, 5.41) is 7.56. The molecule has 3 heteroatoms. The Morgan fingerprint density at radius 3 is 2.30 bits per heavy atom. The fourth-order valence-corrected chi connectivity index (χ4v) is 3.70. The van der Waals surface area contributed by atoms with Crippen LogP contribution >= 0.6 is 15.9 Å². The number of nitrogens with zero attached hydrogens (tertiary/aromatic N) is 2. The Balaban J connectivity index is 2.04. The van der Waals surface area contributed by atoms with Gasteiger partial charge in [-0.25, -0.2) is 9.97 Å². The summed E-state index contributed by atoms with van der Waals surface area (Å²) in [6.07, 6.45) is 1.79. The average molecular weight is 359 g/mol. The lowest BCUT2D eigenvalue weighted by molar-refractivity contribution is 1.15. The van der Waals surface area contributed by atoms with Crippen LogP contribution in [0.15, 0.2) is 71.5 Å². The van der Waals surface area contributed by atoms with Gasteiger partial charge in [0.15, 0.2) is 5.82 Å². The number of hydrogen-bond donors (Lipinski definition) is 0. The quantitative estimate of drug-likeness (QED) is 0.279. The Bertz CT molecular complexity index is 1180. The summed E-state index contributed by atoms with van der Waals surface area (Å²) in [6.45, 7) is 0. The van der Waals surface area contributed by atoms with Crippen molar-refractivity contribution in [1.82, 2.24) is 9.97 Å². The first-order valence-corrected chi connectivity index (χ1v) is 8.26. The first-order valence-electron chi connectivity index (χ1n) is 7.47. The van der Waals surface area contributed by atoms with Crippen molar-refractivity contribution >= 4 is 48.2 Å². The maximum Gasteiger partial charge on any atom is 0.161 e. The second kappa shape index (κ2) is 4.74. The van der Waals surface area contributed by atoms with E-state index in [1.807, 2.05) is 6.07 Å². The monoisotopic (exact) mass is 358 g/mol. The predicted molar refractivity (Wildman–Crippen MR) is 98.9 cm³/mol. The second-order valence-corrected chi connectivity index (χ2v) is 6.49. The van der Waals surface area contributed by atoms with Gasteiger partial charge in [-0.05, 0) is 60.4 Å². The topological polar surface area (TPSA) is 25.8 Å². The molecule has 0 amide bonds. The molecule has 0 saturated heterocycles. The van der Waals surface area contributed by atoms with E-state index in [2.05, 4.69) is 80.5 Å². The van der Waals surface area contributed by atoms with Crippen LogP contribution in [0.3, 0.4) is 0 Å². The molecule has 5 rings (SSSR count). The van der Waals surface area contributed by atoms with E-state index in [0.717, 1.165) is 16.0 Å². The molecule has 0 N–H and O–H groups in total. The van der Waals surface area contributed by atoms with Gasteiger partial charge in [0.1, 0.15) is 4.60 Å². The van der Waals surface area contributed by atoms with Crippen LogP contribution in [0.2, 0.25) is 0 Å². The number of aromatic nitrogens is 2. The van der Waals surface area contributed by atoms with Crippen molar-refractivity contribution in [2.75, 3.05) is 0 Å². The molecule has 0 unspecified atom stereocenters. The molecule has 0 spiro atoms. The lowest BCUT2D eigenvalue weighted by Crippen LogP contribution is -1.92.